The molecular formula is C14H15NS. The summed E-state index contributed by atoms with van der Waals surface area (Å²) in [4.78, 5) is 1.43. The smallest absolute Gasteiger partial charge is 0.0302 e. The molecule has 1 heterocycles. The molecule has 16 heavy (non-hydrogen) atoms. The molecule has 1 N–H and O–H groups in total. The minimum absolute atomic E-state index is 0.685. The van der Waals surface area contributed by atoms with Gasteiger partial charge in [-0.15, -0.1) is 11.3 Å². The summed E-state index contributed by atoms with van der Waals surface area (Å²) in [6.07, 6.45) is 1.29. The predicted octanol–water partition coefficient (Wildman–Crippen LogP) is 3.39. The van der Waals surface area contributed by atoms with Crippen LogP contribution in [0, 0.1) is 0 Å². The van der Waals surface area contributed by atoms with Crippen molar-refractivity contribution in [2.24, 2.45) is 0 Å². The Kier molecular flexibility index (Phi) is 2.77. The molecule has 0 unspecified atom stereocenters. The van der Waals surface area contributed by atoms with Crippen molar-refractivity contribution in [3.63, 3.8) is 0 Å². The fourth-order valence-corrected chi connectivity index (χ4v) is 2.79. The highest BCUT2D eigenvalue weighted by atomic mass is 32.1. The van der Waals surface area contributed by atoms with E-state index in [1.165, 1.54) is 16.9 Å². The standard InChI is InChI=1S/C14H15NS/c1-2-5-11(6-3-1)13-9-14(13)15-10-12-7-4-8-16-12/h1-8,13-15H,9-10H2/t13-,14+/m0/s1. The van der Waals surface area contributed by atoms with Gasteiger partial charge in [0.05, 0.1) is 0 Å². The lowest BCUT2D eigenvalue weighted by Crippen LogP contribution is -2.16. The van der Waals surface area contributed by atoms with E-state index < -0.39 is 0 Å². The first-order valence-corrected chi connectivity index (χ1v) is 6.62. The fraction of sp³-hybridized carbons (Fsp3) is 0.286. The molecule has 2 heteroatoms. The van der Waals surface area contributed by atoms with Gasteiger partial charge in [-0.05, 0) is 23.4 Å². The molecule has 0 radical (unpaired) electrons. The number of rotatable bonds is 4. The second-order valence-electron chi connectivity index (χ2n) is 4.32. The molecule has 3 rings (SSSR count). The predicted molar refractivity (Wildman–Crippen MR) is 68.7 cm³/mol. The van der Waals surface area contributed by atoms with E-state index in [9.17, 15) is 0 Å². The summed E-state index contributed by atoms with van der Waals surface area (Å²) in [5.41, 5.74) is 1.48. The molecule has 1 aliphatic rings. The summed E-state index contributed by atoms with van der Waals surface area (Å²) in [7, 11) is 0. The second-order valence-corrected chi connectivity index (χ2v) is 5.35. The van der Waals surface area contributed by atoms with Crippen molar-refractivity contribution >= 4 is 11.3 Å². The summed E-state index contributed by atoms with van der Waals surface area (Å²) in [6.45, 7) is 1.02. The Balaban J connectivity index is 1.53. The Labute approximate surface area is 100 Å². The molecule has 1 saturated carbocycles. The van der Waals surface area contributed by atoms with Gasteiger partial charge in [0.2, 0.25) is 0 Å². The molecule has 82 valence electrons. The average Bonchev–Trinajstić information content (AvgIpc) is 2.93. The Morgan fingerprint density at radius 1 is 1.12 bits per heavy atom. The third-order valence-corrected chi connectivity index (χ3v) is 4.01. The van der Waals surface area contributed by atoms with Crippen LogP contribution in [0.5, 0.6) is 0 Å². The van der Waals surface area contributed by atoms with Crippen LogP contribution in [0.2, 0.25) is 0 Å². The van der Waals surface area contributed by atoms with E-state index in [0.717, 1.165) is 12.5 Å². The van der Waals surface area contributed by atoms with Gasteiger partial charge in [-0.3, -0.25) is 0 Å². The van der Waals surface area contributed by atoms with Crippen molar-refractivity contribution in [1.29, 1.82) is 0 Å². The van der Waals surface area contributed by atoms with Crippen LogP contribution in [0.15, 0.2) is 47.8 Å². The molecule has 1 nitrogen and oxygen atoms in total. The van der Waals surface area contributed by atoms with Crippen LogP contribution in [0.4, 0.5) is 0 Å². The zero-order valence-electron chi connectivity index (χ0n) is 9.10. The number of nitrogens with one attached hydrogen (secondary N) is 1. The van der Waals surface area contributed by atoms with E-state index in [0.29, 0.717) is 6.04 Å². The molecular weight excluding hydrogens is 214 g/mol. The van der Waals surface area contributed by atoms with Gasteiger partial charge in [-0.25, -0.2) is 0 Å². The van der Waals surface area contributed by atoms with E-state index in [1.54, 1.807) is 0 Å². The largest absolute Gasteiger partial charge is 0.308 e. The highest BCUT2D eigenvalue weighted by molar-refractivity contribution is 7.09. The first kappa shape index (κ1) is 10.1. The fourth-order valence-electron chi connectivity index (χ4n) is 2.13. The van der Waals surface area contributed by atoms with Crippen LogP contribution in [-0.4, -0.2) is 6.04 Å². The van der Waals surface area contributed by atoms with Gasteiger partial charge in [-0.2, -0.15) is 0 Å². The van der Waals surface area contributed by atoms with Crippen molar-refractivity contribution in [3.8, 4) is 0 Å². The summed E-state index contributed by atoms with van der Waals surface area (Å²) in [5.74, 6) is 0.737. The molecule has 0 amide bonds. The number of hydrogen-bond donors (Lipinski definition) is 1. The lowest BCUT2D eigenvalue weighted by atomic mass is 10.1. The van der Waals surface area contributed by atoms with E-state index in [1.807, 2.05) is 11.3 Å². The van der Waals surface area contributed by atoms with Crippen molar-refractivity contribution in [3.05, 3.63) is 58.3 Å². The normalized spacial score (nSPS) is 23.2. The third kappa shape index (κ3) is 2.18. The number of thiophene rings is 1. The SMILES string of the molecule is c1ccc([C@@H]2C[C@H]2NCc2cccs2)cc1. The average molecular weight is 229 g/mol. The van der Waals surface area contributed by atoms with Crippen LogP contribution in [0.1, 0.15) is 22.8 Å². The molecule has 2 atom stereocenters. The van der Waals surface area contributed by atoms with E-state index in [4.69, 9.17) is 0 Å². The maximum Gasteiger partial charge on any atom is 0.0302 e. The van der Waals surface area contributed by atoms with Crippen LogP contribution in [0.25, 0.3) is 0 Å². The summed E-state index contributed by atoms with van der Waals surface area (Å²) < 4.78 is 0. The summed E-state index contributed by atoms with van der Waals surface area (Å²) in [5, 5.41) is 5.76. The quantitative estimate of drug-likeness (QED) is 0.847. The second kappa shape index (κ2) is 4.40. The molecule has 0 aliphatic heterocycles. The monoisotopic (exact) mass is 229 g/mol. The van der Waals surface area contributed by atoms with Crippen LogP contribution in [0.3, 0.4) is 0 Å². The third-order valence-electron chi connectivity index (χ3n) is 3.14. The van der Waals surface area contributed by atoms with Gasteiger partial charge in [-0.1, -0.05) is 36.4 Å². The van der Waals surface area contributed by atoms with Crippen LogP contribution < -0.4 is 5.32 Å². The van der Waals surface area contributed by atoms with Gasteiger partial charge < -0.3 is 5.32 Å². The topological polar surface area (TPSA) is 12.0 Å². The summed E-state index contributed by atoms with van der Waals surface area (Å²) in [6, 6.07) is 15.8. The Hall–Kier alpha value is -1.12. The zero-order valence-corrected chi connectivity index (χ0v) is 9.91. The van der Waals surface area contributed by atoms with Gasteiger partial charge in [0, 0.05) is 23.4 Å². The Morgan fingerprint density at radius 3 is 2.75 bits per heavy atom. The van der Waals surface area contributed by atoms with Gasteiger partial charge in [0.25, 0.3) is 0 Å². The molecule has 2 aromatic rings. The molecule has 0 spiro atoms. The minimum Gasteiger partial charge on any atom is -0.308 e. The Bertz CT molecular complexity index is 435. The van der Waals surface area contributed by atoms with Crippen LogP contribution >= 0.6 is 11.3 Å². The minimum atomic E-state index is 0.685. The van der Waals surface area contributed by atoms with E-state index in [-0.39, 0.29) is 0 Å². The highest BCUT2D eigenvalue weighted by Gasteiger charge is 2.37. The number of hydrogen-bond acceptors (Lipinski definition) is 2. The first-order chi connectivity index (χ1) is 7.93. The maximum absolute atomic E-state index is 3.62. The van der Waals surface area contributed by atoms with Gasteiger partial charge in [0.15, 0.2) is 0 Å². The van der Waals surface area contributed by atoms with Crippen molar-refractivity contribution in [2.75, 3.05) is 0 Å². The van der Waals surface area contributed by atoms with E-state index >= 15 is 0 Å². The zero-order chi connectivity index (χ0) is 10.8. The molecule has 1 aliphatic carbocycles. The molecule has 1 fully saturated rings. The van der Waals surface area contributed by atoms with Crippen molar-refractivity contribution < 1.29 is 0 Å². The van der Waals surface area contributed by atoms with Crippen LogP contribution in [-0.2, 0) is 6.54 Å². The number of benzene rings is 1. The van der Waals surface area contributed by atoms with E-state index in [2.05, 4.69) is 53.2 Å². The summed E-state index contributed by atoms with van der Waals surface area (Å²) >= 11 is 1.83. The lowest BCUT2D eigenvalue weighted by molar-refractivity contribution is 0.679. The Morgan fingerprint density at radius 2 is 2.00 bits per heavy atom. The maximum atomic E-state index is 3.62. The van der Waals surface area contributed by atoms with Gasteiger partial charge >= 0.3 is 0 Å². The van der Waals surface area contributed by atoms with Crippen molar-refractivity contribution in [2.45, 2.75) is 24.9 Å². The highest BCUT2D eigenvalue weighted by Crippen LogP contribution is 2.40. The van der Waals surface area contributed by atoms with Gasteiger partial charge in [0.1, 0.15) is 0 Å². The van der Waals surface area contributed by atoms with Crippen molar-refractivity contribution in [1.82, 2.24) is 5.32 Å². The molecule has 1 aromatic heterocycles. The first-order valence-electron chi connectivity index (χ1n) is 5.74. The molecule has 0 saturated heterocycles. The molecule has 0 bridgehead atoms. The lowest BCUT2D eigenvalue weighted by Gasteiger charge is -2.02. The molecule has 1 aromatic carbocycles.